The predicted octanol–water partition coefficient (Wildman–Crippen LogP) is 17.1. The highest BCUT2D eigenvalue weighted by atomic mass is 14.3. The van der Waals surface area contributed by atoms with Crippen LogP contribution in [0.1, 0.15) is 74.9 Å². The molecule has 0 aliphatic heterocycles. The first-order valence-electron chi connectivity index (χ1n) is 22.3. The Balaban J connectivity index is 1.31. The summed E-state index contributed by atoms with van der Waals surface area (Å²) < 4.78 is 0. The molecule has 0 aromatic heterocycles. The molecule has 0 radical (unpaired) electrons. The maximum Gasteiger partial charge on any atom is -0.000685 e. The summed E-state index contributed by atoms with van der Waals surface area (Å²) in [4.78, 5) is 0. The zero-order chi connectivity index (χ0) is 42.3. The van der Waals surface area contributed by atoms with Crippen molar-refractivity contribution in [2.24, 2.45) is 0 Å². The summed E-state index contributed by atoms with van der Waals surface area (Å²) in [5.74, 6) is 0. The van der Waals surface area contributed by atoms with E-state index in [-0.39, 0.29) is 10.8 Å². The van der Waals surface area contributed by atoms with E-state index in [2.05, 4.69) is 224 Å². The second kappa shape index (κ2) is 14.4. The molecular weight excluding hydrogens is 745 g/mol. The van der Waals surface area contributed by atoms with Crippen molar-refractivity contribution in [3.63, 3.8) is 0 Å². The van der Waals surface area contributed by atoms with E-state index in [0.717, 1.165) is 12.8 Å². The van der Waals surface area contributed by atoms with Crippen LogP contribution in [0.3, 0.4) is 0 Å². The van der Waals surface area contributed by atoms with Gasteiger partial charge in [-0.25, -0.2) is 0 Å². The topological polar surface area (TPSA) is 0 Å². The van der Waals surface area contributed by atoms with Crippen molar-refractivity contribution in [3.05, 3.63) is 215 Å². The van der Waals surface area contributed by atoms with Crippen LogP contribution in [-0.2, 0) is 23.7 Å². The highest BCUT2D eigenvalue weighted by Gasteiger charge is 2.32. The number of fused-ring (bicyclic) bond motifs is 6. The van der Waals surface area contributed by atoms with Crippen molar-refractivity contribution in [3.8, 4) is 44.5 Å². The van der Waals surface area contributed by atoms with Crippen molar-refractivity contribution < 1.29 is 0 Å². The van der Waals surface area contributed by atoms with Crippen LogP contribution >= 0.6 is 0 Å². The summed E-state index contributed by atoms with van der Waals surface area (Å²) in [5.41, 5.74) is 19.1. The predicted molar refractivity (Wildman–Crippen MR) is 268 cm³/mol. The Morgan fingerprint density at radius 1 is 0.274 bits per heavy atom. The Morgan fingerprint density at radius 2 is 0.516 bits per heavy atom. The fourth-order valence-electron chi connectivity index (χ4n) is 10.5. The van der Waals surface area contributed by atoms with Gasteiger partial charge in [-0.1, -0.05) is 199 Å². The molecule has 0 atom stereocenters. The number of rotatable bonds is 4. The van der Waals surface area contributed by atoms with E-state index in [1.165, 1.54) is 121 Å². The van der Waals surface area contributed by atoms with Crippen molar-refractivity contribution >= 4 is 43.1 Å². The zero-order valence-corrected chi connectivity index (χ0v) is 36.7. The van der Waals surface area contributed by atoms with E-state index in [1.54, 1.807) is 0 Å². The van der Waals surface area contributed by atoms with E-state index >= 15 is 0 Å². The van der Waals surface area contributed by atoms with Crippen LogP contribution in [0, 0.1) is 0 Å². The molecule has 10 aromatic rings. The second-order valence-corrected chi connectivity index (χ2v) is 19.6. The molecule has 1 aliphatic carbocycles. The van der Waals surface area contributed by atoms with Crippen molar-refractivity contribution in [2.45, 2.75) is 65.2 Å². The summed E-state index contributed by atoms with van der Waals surface area (Å²) >= 11 is 0. The molecule has 0 saturated carbocycles. The van der Waals surface area contributed by atoms with Crippen LogP contribution in [-0.4, -0.2) is 0 Å². The van der Waals surface area contributed by atoms with Gasteiger partial charge in [0.25, 0.3) is 0 Å². The molecule has 62 heavy (non-hydrogen) atoms. The van der Waals surface area contributed by atoms with Crippen molar-refractivity contribution in [2.75, 3.05) is 0 Å². The Hall–Kier alpha value is -6.76. The molecule has 0 nitrogen and oxygen atoms in total. The van der Waals surface area contributed by atoms with Gasteiger partial charge in [0.05, 0.1) is 0 Å². The normalized spacial score (nSPS) is 12.9. The van der Waals surface area contributed by atoms with Crippen LogP contribution in [0.15, 0.2) is 182 Å². The molecule has 0 saturated heterocycles. The van der Waals surface area contributed by atoms with Crippen LogP contribution in [0.5, 0.6) is 0 Å². The molecule has 0 bridgehead atoms. The molecular formula is C62H52. The van der Waals surface area contributed by atoms with E-state index in [4.69, 9.17) is 0 Å². The third kappa shape index (κ3) is 6.35. The minimum absolute atomic E-state index is 0.0592. The van der Waals surface area contributed by atoms with Crippen molar-refractivity contribution in [1.29, 1.82) is 0 Å². The lowest BCUT2D eigenvalue weighted by Gasteiger charge is -2.32. The molecule has 0 N–H and O–H groups in total. The lowest BCUT2D eigenvalue weighted by Crippen LogP contribution is -2.15. The van der Waals surface area contributed by atoms with Crippen LogP contribution in [0.2, 0.25) is 0 Å². The Bertz CT molecular complexity index is 3120. The number of hydrogen-bond donors (Lipinski definition) is 0. The van der Waals surface area contributed by atoms with E-state index in [0.29, 0.717) is 0 Å². The molecule has 10 aromatic carbocycles. The highest BCUT2D eigenvalue weighted by molar-refractivity contribution is 6.16. The zero-order valence-electron chi connectivity index (χ0n) is 36.7. The molecule has 0 spiro atoms. The van der Waals surface area contributed by atoms with Crippen LogP contribution < -0.4 is 0 Å². The third-order valence-electron chi connectivity index (χ3n) is 13.7. The van der Waals surface area contributed by atoms with E-state index < -0.39 is 0 Å². The van der Waals surface area contributed by atoms with E-state index in [9.17, 15) is 0 Å². The Kier molecular flexibility index (Phi) is 8.88. The quantitative estimate of drug-likeness (QED) is 0.156. The molecule has 0 amide bonds. The van der Waals surface area contributed by atoms with Crippen LogP contribution in [0.25, 0.3) is 87.6 Å². The van der Waals surface area contributed by atoms with Crippen molar-refractivity contribution in [1.82, 2.24) is 0 Å². The molecule has 11 rings (SSSR count). The Labute approximate surface area is 366 Å². The number of hydrogen-bond acceptors (Lipinski definition) is 0. The first-order chi connectivity index (χ1) is 30.0. The first-order valence-corrected chi connectivity index (χ1v) is 22.3. The lowest BCUT2D eigenvalue weighted by atomic mass is 9.71. The summed E-state index contributed by atoms with van der Waals surface area (Å²) in [6, 6.07) is 69.2. The summed E-state index contributed by atoms with van der Waals surface area (Å²) in [7, 11) is 0. The summed E-state index contributed by atoms with van der Waals surface area (Å²) in [6.07, 6.45) is 1.65. The SMILES string of the molecule is CC(C)(C)c1ccc(-c2c3c(c(-c4ccccc4)c4cc5ccccc5cc24)Cc2c(c(-c4ccccc4)c4cc5ccccc5cc4c2-c2ccc(C(C)(C)C)cc2)C3)cc1. The van der Waals surface area contributed by atoms with E-state index in [1.807, 2.05) is 0 Å². The number of benzene rings is 10. The fourth-order valence-corrected chi connectivity index (χ4v) is 10.5. The molecule has 1 aliphatic rings. The smallest absolute Gasteiger partial charge is 0.000685 e. The maximum absolute atomic E-state index is 2.48. The lowest BCUT2D eigenvalue weighted by molar-refractivity contribution is 0.590. The standard InChI is InChI=1S/C62H52/c1-61(2,3)47-29-25-41(26-30-47)59-51-35-45-23-15-13-21-43(45)33-49(51)57(39-17-9-7-10-18-39)53-38-56-54(37-55(53)59)58(40-19-11-8-12-20-40)50-34-44-22-14-16-24-46(44)36-52(50)60(56)42-27-31-48(32-28-42)62(4,5)6/h7-36H,37-38H2,1-6H3. The molecule has 0 heterocycles. The first kappa shape index (κ1) is 38.2. The minimum Gasteiger partial charge on any atom is -0.0622 e. The van der Waals surface area contributed by atoms with Gasteiger partial charge in [0.15, 0.2) is 0 Å². The average Bonchev–Trinajstić information content (AvgIpc) is 3.28. The molecule has 300 valence electrons. The van der Waals surface area contributed by atoms with Crippen LogP contribution in [0.4, 0.5) is 0 Å². The minimum atomic E-state index is 0.0592. The molecule has 0 unspecified atom stereocenters. The molecule has 0 fully saturated rings. The van der Waals surface area contributed by atoms with Gasteiger partial charge in [0.1, 0.15) is 0 Å². The van der Waals surface area contributed by atoms with Gasteiger partial charge >= 0.3 is 0 Å². The summed E-state index contributed by atoms with van der Waals surface area (Å²) in [6.45, 7) is 13.9. The average molecular weight is 797 g/mol. The van der Waals surface area contributed by atoms with Gasteiger partial charge in [0, 0.05) is 0 Å². The van der Waals surface area contributed by atoms with Gasteiger partial charge < -0.3 is 0 Å². The maximum atomic E-state index is 2.48. The fraction of sp³-hybridized carbons (Fsp3) is 0.161. The van der Waals surface area contributed by atoms with Gasteiger partial charge in [0.2, 0.25) is 0 Å². The largest absolute Gasteiger partial charge is 0.0622 e. The third-order valence-corrected chi connectivity index (χ3v) is 13.7. The monoisotopic (exact) mass is 796 g/mol. The van der Waals surface area contributed by atoms with Gasteiger partial charge in [-0.05, 0) is 169 Å². The van der Waals surface area contributed by atoms with Gasteiger partial charge in [-0.15, -0.1) is 0 Å². The van der Waals surface area contributed by atoms with Gasteiger partial charge in [-0.3, -0.25) is 0 Å². The second-order valence-electron chi connectivity index (χ2n) is 19.6. The summed E-state index contributed by atoms with van der Waals surface area (Å²) in [5, 5.41) is 10.4. The van der Waals surface area contributed by atoms with Gasteiger partial charge in [-0.2, -0.15) is 0 Å². The molecule has 0 heteroatoms. The highest BCUT2D eigenvalue weighted by Crippen LogP contribution is 2.52. The Morgan fingerprint density at radius 3 is 0.774 bits per heavy atom.